The zero-order valence-electron chi connectivity index (χ0n) is 11.6. The number of alkyl halides is 3. The fourth-order valence-electron chi connectivity index (χ4n) is 3.57. The van der Waals surface area contributed by atoms with Crippen LogP contribution in [-0.2, 0) is 9.84 Å². The van der Waals surface area contributed by atoms with Crippen molar-refractivity contribution in [2.24, 2.45) is 5.92 Å². The first-order valence-electron chi connectivity index (χ1n) is 7.19. The van der Waals surface area contributed by atoms with Crippen LogP contribution in [0.3, 0.4) is 0 Å². The number of hydrogen-bond donors (Lipinski definition) is 1. The van der Waals surface area contributed by atoms with Crippen molar-refractivity contribution in [3.05, 3.63) is 0 Å². The molecule has 4 atom stereocenters. The monoisotopic (exact) mass is 313 g/mol. The number of nitrogens with one attached hydrogen (secondary N) is 1. The molecule has 0 unspecified atom stereocenters. The van der Waals surface area contributed by atoms with Crippen molar-refractivity contribution >= 4 is 9.84 Å². The summed E-state index contributed by atoms with van der Waals surface area (Å²) < 4.78 is 61.7. The Bertz CT molecular complexity index is 435. The van der Waals surface area contributed by atoms with Gasteiger partial charge in [0.05, 0.1) is 11.2 Å². The summed E-state index contributed by atoms with van der Waals surface area (Å²) in [6.07, 6.45) is 0.807. The molecule has 2 fully saturated rings. The Labute approximate surface area is 118 Å². The predicted octanol–water partition coefficient (Wildman–Crippen LogP) is 2.66. The number of sulfone groups is 1. The molecular formula is C13H22F3NO2S. The molecule has 0 aromatic heterocycles. The quantitative estimate of drug-likeness (QED) is 0.871. The topological polar surface area (TPSA) is 46.2 Å². The lowest BCUT2D eigenvalue weighted by Gasteiger charge is -2.34. The fourth-order valence-corrected chi connectivity index (χ4v) is 4.98. The predicted molar refractivity (Wildman–Crippen MR) is 71.2 cm³/mol. The average molecular weight is 313 g/mol. The van der Waals surface area contributed by atoms with Crippen molar-refractivity contribution in [3.63, 3.8) is 0 Å². The molecule has 3 nitrogen and oxygen atoms in total. The summed E-state index contributed by atoms with van der Waals surface area (Å²) in [4.78, 5) is 0. The second-order valence-corrected chi connectivity index (χ2v) is 8.44. The van der Waals surface area contributed by atoms with E-state index in [1.807, 2.05) is 0 Å². The van der Waals surface area contributed by atoms with E-state index >= 15 is 0 Å². The molecule has 0 bridgehead atoms. The third-order valence-corrected chi connectivity index (χ3v) is 6.25. The summed E-state index contributed by atoms with van der Waals surface area (Å²) in [5.74, 6) is -1.24. The van der Waals surface area contributed by atoms with Crippen LogP contribution >= 0.6 is 0 Å². The van der Waals surface area contributed by atoms with Gasteiger partial charge in [-0.1, -0.05) is 12.8 Å². The van der Waals surface area contributed by atoms with Crippen LogP contribution in [0.25, 0.3) is 0 Å². The van der Waals surface area contributed by atoms with Crippen LogP contribution in [0.4, 0.5) is 13.2 Å². The van der Waals surface area contributed by atoms with Crippen LogP contribution in [0.5, 0.6) is 0 Å². The summed E-state index contributed by atoms with van der Waals surface area (Å²) in [5, 5.41) is 2.76. The summed E-state index contributed by atoms with van der Waals surface area (Å²) >= 11 is 0. The zero-order valence-corrected chi connectivity index (χ0v) is 12.4. The van der Waals surface area contributed by atoms with Crippen LogP contribution in [0.15, 0.2) is 0 Å². The third-order valence-electron chi connectivity index (χ3n) is 4.59. The SMILES string of the molecule is CS(=O)(=O)[C@@H]1CCC[C@@H]1N[C@@H]1CCC[C@@H](C(F)(F)F)C1. The van der Waals surface area contributed by atoms with Crippen LogP contribution in [-0.4, -0.2) is 38.2 Å². The van der Waals surface area contributed by atoms with Gasteiger partial charge in [-0.3, -0.25) is 0 Å². The largest absolute Gasteiger partial charge is 0.391 e. The van der Waals surface area contributed by atoms with Crippen molar-refractivity contribution in [2.45, 2.75) is 68.5 Å². The van der Waals surface area contributed by atoms with Gasteiger partial charge in [-0.15, -0.1) is 0 Å². The summed E-state index contributed by atoms with van der Waals surface area (Å²) in [5.41, 5.74) is 0. The number of halogens is 3. The van der Waals surface area contributed by atoms with Crippen molar-refractivity contribution < 1.29 is 21.6 Å². The van der Waals surface area contributed by atoms with Crippen molar-refractivity contribution in [1.82, 2.24) is 5.32 Å². The van der Waals surface area contributed by atoms with E-state index < -0.39 is 27.2 Å². The number of hydrogen-bond acceptors (Lipinski definition) is 3. The van der Waals surface area contributed by atoms with Gasteiger partial charge in [0.2, 0.25) is 0 Å². The van der Waals surface area contributed by atoms with Crippen molar-refractivity contribution in [1.29, 1.82) is 0 Å². The molecule has 20 heavy (non-hydrogen) atoms. The van der Waals surface area contributed by atoms with Gasteiger partial charge in [-0.25, -0.2) is 8.42 Å². The van der Waals surface area contributed by atoms with Crippen LogP contribution in [0.1, 0.15) is 44.9 Å². The molecule has 2 rings (SSSR count). The number of rotatable bonds is 3. The summed E-state index contributed by atoms with van der Waals surface area (Å²) in [7, 11) is -3.13. The normalized spacial score (nSPS) is 36.2. The van der Waals surface area contributed by atoms with Gasteiger partial charge in [0.1, 0.15) is 0 Å². The maximum Gasteiger partial charge on any atom is 0.391 e. The molecule has 2 aliphatic rings. The highest BCUT2D eigenvalue weighted by Gasteiger charge is 2.43. The van der Waals surface area contributed by atoms with E-state index in [1.54, 1.807) is 0 Å². The van der Waals surface area contributed by atoms with Gasteiger partial charge in [0.25, 0.3) is 0 Å². The van der Waals surface area contributed by atoms with Crippen molar-refractivity contribution in [3.8, 4) is 0 Å². The van der Waals surface area contributed by atoms with Gasteiger partial charge in [-0.05, 0) is 32.1 Å². The molecule has 7 heteroatoms. The van der Waals surface area contributed by atoms with E-state index in [4.69, 9.17) is 0 Å². The lowest BCUT2D eigenvalue weighted by atomic mass is 9.85. The standard InChI is InChI=1S/C13H22F3NO2S/c1-20(18,19)12-7-3-6-11(12)17-10-5-2-4-9(8-10)13(14,15)16/h9-12,17H,2-8H2,1H3/t9-,10-,11+,12-/m1/s1. The second kappa shape index (κ2) is 5.83. The second-order valence-electron chi connectivity index (χ2n) is 6.17. The highest BCUT2D eigenvalue weighted by atomic mass is 32.2. The first-order chi connectivity index (χ1) is 9.18. The molecule has 0 heterocycles. The molecule has 1 N–H and O–H groups in total. The molecule has 0 aromatic carbocycles. The van der Waals surface area contributed by atoms with Crippen LogP contribution in [0, 0.1) is 5.92 Å². The molecule has 0 spiro atoms. The molecule has 0 saturated heterocycles. The average Bonchev–Trinajstić information content (AvgIpc) is 2.76. The van der Waals surface area contributed by atoms with Gasteiger partial charge in [-0.2, -0.15) is 13.2 Å². The van der Waals surface area contributed by atoms with Gasteiger partial charge in [0.15, 0.2) is 9.84 Å². The summed E-state index contributed by atoms with van der Waals surface area (Å²) in [6, 6.07) is -0.385. The Kier molecular flexibility index (Phi) is 4.69. The first kappa shape index (κ1) is 16.1. The smallest absolute Gasteiger partial charge is 0.310 e. The minimum Gasteiger partial charge on any atom is -0.310 e. The van der Waals surface area contributed by atoms with E-state index in [0.717, 1.165) is 12.8 Å². The zero-order chi connectivity index (χ0) is 15.0. The lowest BCUT2D eigenvalue weighted by molar-refractivity contribution is -0.183. The molecule has 2 saturated carbocycles. The first-order valence-corrected chi connectivity index (χ1v) is 9.15. The highest BCUT2D eigenvalue weighted by Crippen LogP contribution is 2.38. The molecule has 0 amide bonds. The third kappa shape index (κ3) is 3.87. The Morgan fingerprint density at radius 1 is 1.05 bits per heavy atom. The molecule has 118 valence electrons. The molecule has 0 aromatic rings. The van der Waals surface area contributed by atoms with Gasteiger partial charge >= 0.3 is 6.18 Å². The van der Waals surface area contributed by atoms with Crippen LogP contribution < -0.4 is 5.32 Å². The van der Waals surface area contributed by atoms with E-state index in [2.05, 4.69) is 5.32 Å². The minimum absolute atomic E-state index is 0.0798. The Hall–Kier alpha value is -0.300. The van der Waals surface area contributed by atoms with E-state index in [0.29, 0.717) is 19.3 Å². The van der Waals surface area contributed by atoms with Gasteiger partial charge < -0.3 is 5.32 Å². The Morgan fingerprint density at radius 3 is 2.30 bits per heavy atom. The maximum atomic E-state index is 12.8. The van der Waals surface area contributed by atoms with Gasteiger partial charge in [0, 0.05) is 18.3 Å². The molecule has 0 aliphatic heterocycles. The minimum atomic E-state index is -4.13. The Morgan fingerprint density at radius 2 is 1.70 bits per heavy atom. The van der Waals surface area contributed by atoms with E-state index in [9.17, 15) is 21.6 Å². The maximum absolute atomic E-state index is 12.8. The molecule has 0 radical (unpaired) electrons. The van der Waals surface area contributed by atoms with Crippen LogP contribution in [0.2, 0.25) is 0 Å². The lowest BCUT2D eigenvalue weighted by Crippen LogP contribution is -2.48. The van der Waals surface area contributed by atoms with E-state index in [1.165, 1.54) is 6.26 Å². The Balaban J connectivity index is 1.96. The highest BCUT2D eigenvalue weighted by molar-refractivity contribution is 7.91. The van der Waals surface area contributed by atoms with Crippen molar-refractivity contribution in [2.75, 3.05) is 6.26 Å². The van der Waals surface area contributed by atoms with E-state index in [-0.39, 0.29) is 24.9 Å². The fraction of sp³-hybridized carbons (Fsp3) is 1.00. The molecule has 2 aliphatic carbocycles. The molecular weight excluding hydrogens is 291 g/mol. The summed E-state index contributed by atoms with van der Waals surface area (Å²) in [6.45, 7) is 0.